The van der Waals surface area contributed by atoms with Crippen LogP contribution in [0.2, 0.25) is 0 Å². The van der Waals surface area contributed by atoms with E-state index < -0.39 is 5.97 Å². The zero-order valence-electron chi connectivity index (χ0n) is 9.18. The molecule has 0 aliphatic carbocycles. The van der Waals surface area contributed by atoms with Gasteiger partial charge in [-0.3, -0.25) is 0 Å². The molecule has 1 saturated heterocycles. The minimum Gasteiger partial charge on any atom is -0.494 e. The van der Waals surface area contributed by atoms with Gasteiger partial charge in [0.05, 0.1) is 7.11 Å². The highest BCUT2D eigenvalue weighted by Crippen LogP contribution is 2.13. The normalized spacial score (nSPS) is 13.8. The lowest BCUT2D eigenvalue weighted by molar-refractivity contribution is 0.0686. The molecule has 1 aliphatic heterocycles. The highest BCUT2D eigenvalue weighted by Gasteiger charge is 2.09. The molecule has 5 heteroatoms. The number of pyridine rings is 1. The highest BCUT2D eigenvalue weighted by molar-refractivity contribution is 5.88. The molecule has 0 unspecified atom stereocenters. The van der Waals surface area contributed by atoms with E-state index in [0.29, 0.717) is 0 Å². The summed E-state index contributed by atoms with van der Waals surface area (Å²) in [6.07, 6.45) is 3.96. The molecule has 0 amide bonds. The van der Waals surface area contributed by atoms with Crippen molar-refractivity contribution in [2.45, 2.75) is 12.8 Å². The van der Waals surface area contributed by atoms with Gasteiger partial charge in [0.25, 0.3) is 0 Å². The second-order valence-corrected chi connectivity index (χ2v) is 3.18. The number of rotatable bonds is 2. The Kier molecular flexibility index (Phi) is 5.28. The standard InChI is InChI=1S/C7H7NO3.C4H8O/c1-11-5-3-2-4-8-6(5)7(9)10;1-2-4-5-3-1/h2-4H,1H3,(H,9,10);1-4H2. The average Bonchev–Trinajstić information content (AvgIpc) is 2.87. The molecule has 1 aliphatic rings. The molecular formula is C11H15NO4. The van der Waals surface area contributed by atoms with Gasteiger partial charge in [-0.25, -0.2) is 9.78 Å². The molecule has 0 saturated carbocycles. The minimum atomic E-state index is -1.08. The summed E-state index contributed by atoms with van der Waals surface area (Å²) in [5.41, 5.74) is -0.0602. The fraction of sp³-hybridized carbons (Fsp3) is 0.455. The molecule has 2 heterocycles. The average molecular weight is 225 g/mol. The molecule has 1 aromatic rings. The van der Waals surface area contributed by atoms with Crippen molar-refractivity contribution >= 4 is 5.97 Å². The van der Waals surface area contributed by atoms with Gasteiger partial charge in [-0.1, -0.05) is 0 Å². The topological polar surface area (TPSA) is 68.7 Å². The number of methoxy groups -OCH3 is 1. The SMILES string of the molecule is C1CCOC1.COc1cccnc1C(=O)O. The van der Waals surface area contributed by atoms with Crippen LogP contribution >= 0.6 is 0 Å². The van der Waals surface area contributed by atoms with Gasteiger partial charge in [-0.2, -0.15) is 0 Å². The van der Waals surface area contributed by atoms with Gasteiger partial charge in [0.15, 0.2) is 11.4 Å². The molecule has 1 aromatic heterocycles. The van der Waals surface area contributed by atoms with Crippen LogP contribution in [0.15, 0.2) is 18.3 Å². The van der Waals surface area contributed by atoms with E-state index in [1.807, 2.05) is 0 Å². The van der Waals surface area contributed by atoms with E-state index in [2.05, 4.69) is 4.98 Å². The molecule has 0 bridgehead atoms. The minimum absolute atomic E-state index is 0.0602. The van der Waals surface area contributed by atoms with Crippen LogP contribution < -0.4 is 4.74 Å². The maximum atomic E-state index is 10.4. The lowest BCUT2D eigenvalue weighted by Gasteiger charge is -2.00. The third-order valence-electron chi connectivity index (χ3n) is 2.02. The Morgan fingerprint density at radius 3 is 2.56 bits per heavy atom. The second-order valence-electron chi connectivity index (χ2n) is 3.18. The number of nitrogens with zero attached hydrogens (tertiary/aromatic N) is 1. The lowest BCUT2D eigenvalue weighted by Crippen LogP contribution is -2.02. The van der Waals surface area contributed by atoms with E-state index in [9.17, 15) is 4.79 Å². The first-order valence-electron chi connectivity index (χ1n) is 5.05. The van der Waals surface area contributed by atoms with Crippen molar-refractivity contribution in [2.75, 3.05) is 20.3 Å². The fourth-order valence-corrected chi connectivity index (χ4v) is 1.23. The van der Waals surface area contributed by atoms with Gasteiger partial charge in [0.2, 0.25) is 0 Å². The van der Waals surface area contributed by atoms with Crippen molar-refractivity contribution in [3.8, 4) is 5.75 Å². The van der Waals surface area contributed by atoms with E-state index in [0.717, 1.165) is 13.2 Å². The van der Waals surface area contributed by atoms with E-state index in [4.69, 9.17) is 14.6 Å². The summed E-state index contributed by atoms with van der Waals surface area (Å²) in [5.74, 6) is -0.803. The van der Waals surface area contributed by atoms with E-state index in [1.54, 1.807) is 12.1 Å². The molecule has 2 rings (SSSR count). The van der Waals surface area contributed by atoms with Crippen LogP contribution in [0.25, 0.3) is 0 Å². The third kappa shape index (κ3) is 3.86. The smallest absolute Gasteiger partial charge is 0.358 e. The van der Waals surface area contributed by atoms with Crippen LogP contribution in [0.3, 0.4) is 0 Å². The molecule has 0 spiro atoms. The van der Waals surface area contributed by atoms with E-state index in [1.165, 1.54) is 26.1 Å². The fourth-order valence-electron chi connectivity index (χ4n) is 1.23. The summed E-state index contributed by atoms with van der Waals surface area (Å²) in [5, 5.41) is 8.55. The van der Waals surface area contributed by atoms with Crippen molar-refractivity contribution in [3.05, 3.63) is 24.0 Å². The first-order chi connectivity index (χ1) is 7.75. The first kappa shape index (κ1) is 12.4. The molecule has 88 valence electrons. The van der Waals surface area contributed by atoms with Crippen molar-refractivity contribution in [3.63, 3.8) is 0 Å². The molecule has 1 N–H and O–H groups in total. The number of aromatic nitrogens is 1. The number of hydrogen-bond acceptors (Lipinski definition) is 4. The van der Waals surface area contributed by atoms with Gasteiger partial charge < -0.3 is 14.6 Å². The maximum Gasteiger partial charge on any atom is 0.358 e. The molecule has 0 aromatic carbocycles. The molecule has 5 nitrogen and oxygen atoms in total. The molecule has 0 atom stereocenters. The lowest BCUT2D eigenvalue weighted by atomic mass is 10.3. The Morgan fingerprint density at radius 1 is 1.50 bits per heavy atom. The Hall–Kier alpha value is -1.62. The first-order valence-corrected chi connectivity index (χ1v) is 5.05. The number of carboxylic acid groups (broad SMARTS) is 1. The Morgan fingerprint density at radius 2 is 2.19 bits per heavy atom. The highest BCUT2D eigenvalue weighted by atomic mass is 16.5. The van der Waals surface area contributed by atoms with Gasteiger partial charge in [-0.15, -0.1) is 0 Å². The van der Waals surface area contributed by atoms with Crippen molar-refractivity contribution in [1.29, 1.82) is 0 Å². The van der Waals surface area contributed by atoms with E-state index in [-0.39, 0.29) is 11.4 Å². The number of carbonyl (C=O) groups is 1. The van der Waals surface area contributed by atoms with Crippen LogP contribution in [0.5, 0.6) is 5.75 Å². The van der Waals surface area contributed by atoms with Crippen molar-refractivity contribution < 1.29 is 19.4 Å². The number of carboxylic acids is 1. The molecular weight excluding hydrogens is 210 g/mol. The number of ether oxygens (including phenoxy) is 2. The summed E-state index contributed by atoms with van der Waals surface area (Å²) >= 11 is 0. The van der Waals surface area contributed by atoms with Gasteiger partial charge in [-0.05, 0) is 25.0 Å². The summed E-state index contributed by atoms with van der Waals surface area (Å²) < 4.78 is 9.71. The Balaban J connectivity index is 0.000000212. The molecule has 16 heavy (non-hydrogen) atoms. The largest absolute Gasteiger partial charge is 0.494 e. The summed E-state index contributed by atoms with van der Waals surface area (Å²) in [6.45, 7) is 2.00. The third-order valence-corrected chi connectivity index (χ3v) is 2.02. The van der Waals surface area contributed by atoms with Gasteiger partial charge in [0, 0.05) is 19.4 Å². The summed E-state index contributed by atoms with van der Waals surface area (Å²) in [6, 6.07) is 3.17. The predicted octanol–water partition coefficient (Wildman–Crippen LogP) is 1.59. The van der Waals surface area contributed by atoms with Crippen molar-refractivity contribution in [1.82, 2.24) is 4.98 Å². The Labute approximate surface area is 94.0 Å². The second kappa shape index (κ2) is 6.79. The monoisotopic (exact) mass is 225 g/mol. The van der Waals surface area contributed by atoms with Crippen LogP contribution in [0.4, 0.5) is 0 Å². The van der Waals surface area contributed by atoms with Crippen LogP contribution in [-0.2, 0) is 4.74 Å². The summed E-state index contributed by atoms with van der Waals surface area (Å²) in [7, 11) is 1.41. The zero-order chi connectivity index (χ0) is 11.8. The zero-order valence-corrected chi connectivity index (χ0v) is 9.18. The van der Waals surface area contributed by atoms with Crippen LogP contribution in [0.1, 0.15) is 23.3 Å². The Bertz CT molecular complexity index is 329. The number of aromatic carboxylic acids is 1. The van der Waals surface area contributed by atoms with Crippen LogP contribution in [0, 0.1) is 0 Å². The van der Waals surface area contributed by atoms with Crippen LogP contribution in [-0.4, -0.2) is 36.4 Å². The van der Waals surface area contributed by atoms with Gasteiger partial charge in [0.1, 0.15) is 0 Å². The summed E-state index contributed by atoms with van der Waals surface area (Å²) in [4.78, 5) is 14.1. The van der Waals surface area contributed by atoms with E-state index >= 15 is 0 Å². The quantitative estimate of drug-likeness (QED) is 0.827. The predicted molar refractivity (Wildman–Crippen MR) is 57.8 cm³/mol. The molecule has 1 fully saturated rings. The maximum absolute atomic E-state index is 10.4. The molecule has 0 radical (unpaired) electrons. The number of hydrogen-bond donors (Lipinski definition) is 1. The van der Waals surface area contributed by atoms with Gasteiger partial charge >= 0.3 is 5.97 Å². The van der Waals surface area contributed by atoms with Crippen molar-refractivity contribution in [2.24, 2.45) is 0 Å².